The van der Waals surface area contributed by atoms with Gasteiger partial charge in [0.15, 0.2) is 5.79 Å². The van der Waals surface area contributed by atoms with Gasteiger partial charge in [0, 0.05) is 37.1 Å². The number of benzene rings is 1. The standard InChI is InChI=1S/C15H19NO4/c1-11-12(3-2-4-13(11)17)14(18)16-7-5-15(6-8-16)19-9-10-20-15/h2-4,17H,5-10H2,1H3. The van der Waals surface area contributed by atoms with Crippen LogP contribution in [-0.4, -0.2) is 48.0 Å². The van der Waals surface area contributed by atoms with Crippen molar-refractivity contribution in [1.29, 1.82) is 0 Å². The Hall–Kier alpha value is -1.59. The Balaban J connectivity index is 1.71. The molecule has 2 fully saturated rings. The zero-order valence-corrected chi connectivity index (χ0v) is 11.6. The maximum atomic E-state index is 12.5. The molecule has 108 valence electrons. The summed E-state index contributed by atoms with van der Waals surface area (Å²) in [6.07, 6.45) is 1.41. The number of carbonyl (C=O) groups excluding carboxylic acids is 1. The van der Waals surface area contributed by atoms with Gasteiger partial charge in [-0.2, -0.15) is 0 Å². The Morgan fingerprint density at radius 1 is 1.25 bits per heavy atom. The molecular weight excluding hydrogens is 258 g/mol. The van der Waals surface area contributed by atoms with E-state index in [4.69, 9.17) is 9.47 Å². The highest BCUT2D eigenvalue weighted by Gasteiger charge is 2.41. The fourth-order valence-corrected chi connectivity index (χ4v) is 2.86. The molecule has 0 aromatic heterocycles. The smallest absolute Gasteiger partial charge is 0.254 e. The molecule has 20 heavy (non-hydrogen) atoms. The number of phenols is 1. The Labute approximate surface area is 118 Å². The second-order valence-electron chi connectivity index (χ2n) is 5.35. The molecule has 0 saturated carbocycles. The molecule has 2 heterocycles. The Bertz CT molecular complexity index is 513. The van der Waals surface area contributed by atoms with Gasteiger partial charge >= 0.3 is 0 Å². The maximum Gasteiger partial charge on any atom is 0.254 e. The van der Waals surface area contributed by atoms with Crippen LogP contribution in [0.1, 0.15) is 28.8 Å². The first-order valence-electron chi connectivity index (χ1n) is 6.97. The number of amides is 1. The molecule has 0 unspecified atom stereocenters. The van der Waals surface area contributed by atoms with Gasteiger partial charge < -0.3 is 19.5 Å². The zero-order chi connectivity index (χ0) is 14.2. The SMILES string of the molecule is Cc1c(O)cccc1C(=O)N1CCC2(CC1)OCCO2. The molecule has 2 saturated heterocycles. The Kier molecular flexibility index (Phi) is 3.40. The lowest BCUT2D eigenvalue weighted by molar-refractivity contribution is -0.181. The van der Waals surface area contributed by atoms with Crippen molar-refractivity contribution in [3.63, 3.8) is 0 Å². The molecule has 5 nitrogen and oxygen atoms in total. The molecule has 1 spiro atoms. The predicted octanol–water partition coefficient (Wildman–Crippen LogP) is 1.68. The van der Waals surface area contributed by atoms with E-state index in [1.807, 2.05) is 0 Å². The van der Waals surface area contributed by atoms with Crippen LogP contribution in [0.4, 0.5) is 0 Å². The van der Waals surface area contributed by atoms with E-state index in [1.54, 1.807) is 30.0 Å². The second-order valence-corrected chi connectivity index (χ2v) is 5.35. The molecule has 1 aromatic rings. The summed E-state index contributed by atoms with van der Waals surface area (Å²) in [5.74, 6) is -0.344. The first kappa shape index (κ1) is 13.4. The number of carbonyl (C=O) groups is 1. The van der Waals surface area contributed by atoms with Crippen LogP contribution in [0.2, 0.25) is 0 Å². The van der Waals surface area contributed by atoms with Crippen molar-refractivity contribution in [3.8, 4) is 5.75 Å². The molecule has 2 aliphatic heterocycles. The Morgan fingerprint density at radius 3 is 2.55 bits per heavy atom. The number of rotatable bonds is 1. The van der Waals surface area contributed by atoms with Gasteiger partial charge in [0.2, 0.25) is 0 Å². The topological polar surface area (TPSA) is 59.0 Å². The summed E-state index contributed by atoms with van der Waals surface area (Å²) < 4.78 is 11.3. The molecule has 0 atom stereocenters. The number of hydrogen-bond acceptors (Lipinski definition) is 4. The predicted molar refractivity (Wildman–Crippen MR) is 72.6 cm³/mol. The molecule has 1 amide bonds. The number of piperidine rings is 1. The van der Waals surface area contributed by atoms with Crippen molar-refractivity contribution in [1.82, 2.24) is 4.90 Å². The van der Waals surface area contributed by atoms with Gasteiger partial charge in [-0.3, -0.25) is 4.79 Å². The van der Waals surface area contributed by atoms with Crippen LogP contribution in [0.15, 0.2) is 18.2 Å². The van der Waals surface area contributed by atoms with E-state index in [0.29, 0.717) is 50.3 Å². The van der Waals surface area contributed by atoms with Crippen molar-refractivity contribution >= 4 is 5.91 Å². The fraction of sp³-hybridized carbons (Fsp3) is 0.533. The average Bonchev–Trinajstić information content (AvgIpc) is 2.90. The first-order chi connectivity index (χ1) is 9.61. The van der Waals surface area contributed by atoms with Crippen molar-refractivity contribution in [2.45, 2.75) is 25.6 Å². The van der Waals surface area contributed by atoms with E-state index in [2.05, 4.69) is 0 Å². The highest BCUT2D eigenvalue weighted by atomic mass is 16.7. The largest absolute Gasteiger partial charge is 0.508 e. The molecular formula is C15H19NO4. The number of hydrogen-bond donors (Lipinski definition) is 1. The third-order valence-electron chi connectivity index (χ3n) is 4.16. The van der Waals surface area contributed by atoms with Gasteiger partial charge in [0.1, 0.15) is 5.75 Å². The number of aromatic hydroxyl groups is 1. The molecule has 0 bridgehead atoms. The van der Waals surface area contributed by atoms with Crippen LogP contribution < -0.4 is 0 Å². The lowest BCUT2D eigenvalue weighted by atomic mass is 10.0. The molecule has 1 N–H and O–H groups in total. The average molecular weight is 277 g/mol. The van der Waals surface area contributed by atoms with Gasteiger partial charge in [-0.1, -0.05) is 6.07 Å². The minimum atomic E-state index is -0.468. The number of likely N-dealkylation sites (tertiary alicyclic amines) is 1. The maximum absolute atomic E-state index is 12.5. The highest BCUT2D eigenvalue weighted by Crippen LogP contribution is 2.32. The lowest BCUT2D eigenvalue weighted by Gasteiger charge is -2.37. The van der Waals surface area contributed by atoms with Crippen LogP contribution in [-0.2, 0) is 9.47 Å². The van der Waals surface area contributed by atoms with Gasteiger partial charge in [0.25, 0.3) is 5.91 Å². The van der Waals surface area contributed by atoms with Crippen LogP contribution in [0.3, 0.4) is 0 Å². The van der Waals surface area contributed by atoms with E-state index >= 15 is 0 Å². The third-order valence-corrected chi connectivity index (χ3v) is 4.16. The summed E-state index contributed by atoms with van der Waals surface area (Å²) >= 11 is 0. The first-order valence-corrected chi connectivity index (χ1v) is 6.97. The molecule has 3 rings (SSSR count). The highest BCUT2D eigenvalue weighted by molar-refractivity contribution is 5.96. The lowest BCUT2D eigenvalue weighted by Crippen LogP contribution is -2.47. The van der Waals surface area contributed by atoms with E-state index < -0.39 is 5.79 Å². The minimum Gasteiger partial charge on any atom is -0.508 e. The quantitative estimate of drug-likeness (QED) is 0.848. The summed E-state index contributed by atoms with van der Waals surface area (Å²) in [4.78, 5) is 14.3. The minimum absolute atomic E-state index is 0.0359. The normalized spacial score (nSPS) is 21.4. The van der Waals surface area contributed by atoms with Crippen LogP contribution in [0.25, 0.3) is 0 Å². The summed E-state index contributed by atoms with van der Waals surface area (Å²) in [6, 6.07) is 5.05. The summed E-state index contributed by atoms with van der Waals surface area (Å²) in [5, 5.41) is 9.70. The molecule has 0 aliphatic carbocycles. The van der Waals surface area contributed by atoms with E-state index in [1.165, 1.54) is 0 Å². The third kappa shape index (κ3) is 2.27. The molecule has 1 aromatic carbocycles. The van der Waals surface area contributed by atoms with Gasteiger partial charge in [-0.05, 0) is 19.1 Å². The molecule has 5 heteroatoms. The second kappa shape index (κ2) is 5.07. The van der Waals surface area contributed by atoms with Crippen LogP contribution in [0, 0.1) is 6.92 Å². The Morgan fingerprint density at radius 2 is 1.90 bits per heavy atom. The number of ether oxygens (including phenoxy) is 2. The van der Waals surface area contributed by atoms with E-state index in [9.17, 15) is 9.90 Å². The van der Waals surface area contributed by atoms with Gasteiger partial charge in [-0.25, -0.2) is 0 Å². The van der Waals surface area contributed by atoms with E-state index in [0.717, 1.165) is 0 Å². The molecule has 0 radical (unpaired) electrons. The summed E-state index contributed by atoms with van der Waals surface area (Å²) in [5.41, 5.74) is 1.19. The number of phenolic OH excluding ortho intramolecular Hbond substituents is 1. The monoisotopic (exact) mass is 277 g/mol. The summed E-state index contributed by atoms with van der Waals surface area (Å²) in [6.45, 7) is 4.28. The van der Waals surface area contributed by atoms with Crippen LogP contribution >= 0.6 is 0 Å². The fourth-order valence-electron chi connectivity index (χ4n) is 2.86. The van der Waals surface area contributed by atoms with Crippen molar-refractivity contribution in [2.24, 2.45) is 0 Å². The number of nitrogens with zero attached hydrogens (tertiary/aromatic N) is 1. The van der Waals surface area contributed by atoms with Gasteiger partial charge in [-0.15, -0.1) is 0 Å². The van der Waals surface area contributed by atoms with Crippen molar-refractivity contribution in [3.05, 3.63) is 29.3 Å². The van der Waals surface area contributed by atoms with Crippen molar-refractivity contribution in [2.75, 3.05) is 26.3 Å². The van der Waals surface area contributed by atoms with Crippen molar-refractivity contribution < 1.29 is 19.4 Å². The summed E-state index contributed by atoms with van der Waals surface area (Å²) in [7, 11) is 0. The van der Waals surface area contributed by atoms with Crippen LogP contribution in [0.5, 0.6) is 5.75 Å². The molecule has 2 aliphatic rings. The van der Waals surface area contributed by atoms with Gasteiger partial charge in [0.05, 0.1) is 13.2 Å². The zero-order valence-electron chi connectivity index (χ0n) is 11.6. The van der Waals surface area contributed by atoms with E-state index in [-0.39, 0.29) is 11.7 Å².